The van der Waals surface area contributed by atoms with Gasteiger partial charge in [-0.05, 0) is 181 Å². The summed E-state index contributed by atoms with van der Waals surface area (Å²) in [6, 6.07) is 57.0. The maximum atomic E-state index is 12.9. The summed E-state index contributed by atoms with van der Waals surface area (Å²) < 4.78 is 49.0. The average Bonchev–Trinajstić information content (AvgIpc) is 3.25. The van der Waals surface area contributed by atoms with Crippen LogP contribution in [0.2, 0.25) is 0 Å². The van der Waals surface area contributed by atoms with Gasteiger partial charge in [0, 0.05) is 22.7 Å². The van der Waals surface area contributed by atoms with Gasteiger partial charge < -0.3 is 41.9 Å². The standard InChI is InChI=1S/C24H20N2O4S.C24H20N2O2/c25-17-1-5-19(6-2-17)29-21-9-13-23(14-10-21)31(27,28)24-15-11-22(12-16-24)30-20-7-3-18(26)4-8-20;25-19-5-13-23(14-6-19)27-21-9-1-17(2-10-21)18-3-11-22(12-4-18)28-24-15-7-20(26)8-16-24/h1-16H,25-26H2;1-16H,25-26H2. The molecule has 0 radical (unpaired) electrons. The van der Waals surface area contributed by atoms with Crippen LogP contribution in [0, 0.1) is 0 Å². The second kappa shape index (κ2) is 17.9. The van der Waals surface area contributed by atoms with E-state index in [9.17, 15) is 8.42 Å². The Hall–Kier alpha value is -7.89. The van der Waals surface area contributed by atoms with E-state index in [2.05, 4.69) is 0 Å². The van der Waals surface area contributed by atoms with Gasteiger partial charge in [-0.15, -0.1) is 0 Å². The van der Waals surface area contributed by atoms with E-state index in [4.69, 9.17) is 41.9 Å². The molecule has 0 heterocycles. The molecule has 59 heavy (non-hydrogen) atoms. The molecule has 0 unspecified atom stereocenters. The number of hydrogen-bond acceptors (Lipinski definition) is 10. The number of ether oxygens (including phenoxy) is 4. The first-order valence-electron chi connectivity index (χ1n) is 18.4. The number of rotatable bonds is 11. The summed E-state index contributed by atoms with van der Waals surface area (Å²) in [6.07, 6.45) is 0. The molecule has 0 spiro atoms. The molecule has 0 fully saturated rings. The normalized spacial score (nSPS) is 10.8. The second-order valence-corrected chi connectivity index (χ2v) is 15.1. The summed E-state index contributed by atoms with van der Waals surface area (Å²) in [4.78, 5) is 0.341. The molecule has 8 aromatic rings. The Balaban J connectivity index is 0.000000180. The van der Waals surface area contributed by atoms with E-state index >= 15 is 0 Å². The Morgan fingerprint density at radius 3 is 0.627 bits per heavy atom. The lowest BCUT2D eigenvalue weighted by Crippen LogP contribution is -2.01. The van der Waals surface area contributed by atoms with Crippen LogP contribution in [-0.4, -0.2) is 8.42 Å². The zero-order valence-corrected chi connectivity index (χ0v) is 32.5. The molecular formula is C48H40N4O6S. The highest BCUT2D eigenvalue weighted by Crippen LogP contribution is 2.31. The molecule has 294 valence electrons. The van der Waals surface area contributed by atoms with Crippen LogP contribution in [0.5, 0.6) is 46.0 Å². The summed E-state index contributed by atoms with van der Waals surface area (Å²) in [5, 5.41) is 0. The molecule has 0 saturated heterocycles. The number of benzene rings is 8. The largest absolute Gasteiger partial charge is 0.457 e. The minimum atomic E-state index is -3.67. The minimum Gasteiger partial charge on any atom is -0.457 e. The van der Waals surface area contributed by atoms with Crippen molar-refractivity contribution in [1.82, 2.24) is 0 Å². The van der Waals surface area contributed by atoms with Crippen molar-refractivity contribution in [2.75, 3.05) is 22.9 Å². The lowest BCUT2D eigenvalue weighted by atomic mass is 10.1. The maximum Gasteiger partial charge on any atom is 0.206 e. The number of anilines is 4. The molecule has 0 bridgehead atoms. The van der Waals surface area contributed by atoms with E-state index in [1.807, 2.05) is 97.1 Å². The van der Waals surface area contributed by atoms with Crippen molar-refractivity contribution >= 4 is 32.6 Å². The van der Waals surface area contributed by atoms with Gasteiger partial charge in [-0.1, -0.05) is 24.3 Å². The zero-order chi connectivity index (χ0) is 41.2. The quantitative estimate of drug-likeness (QED) is 0.0921. The number of nitrogen functional groups attached to an aromatic ring is 4. The second-order valence-electron chi connectivity index (χ2n) is 13.2. The topological polar surface area (TPSA) is 175 Å². The fourth-order valence-electron chi connectivity index (χ4n) is 5.63. The molecule has 0 amide bonds. The van der Waals surface area contributed by atoms with Gasteiger partial charge in [-0.2, -0.15) is 0 Å². The third kappa shape index (κ3) is 10.7. The molecule has 0 aliphatic rings. The van der Waals surface area contributed by atoms with E-state index in [-0.39, 0.29) is 9.79 Å². The van der Waals surface area contributed by atoms with Crippen LogP contribution >= 0.6 is 0 Å². The predicted octanol–water partition coefficient (Wildman–Crippen LogP) is 11.4. The maximum absolute atomic E-state index is 12.9. The van der Waals surface area contributed by atoms with Crippen molar-refractivity contribution in [3.8, 4) is 57.1 Å². The molecule has 0 aliphatic carbocycles. The molecule has 0 saturated carbocycles. The van der Waals surface area contributed by atoms with E-state index in [1.54, 1.807) is 72.8 Å². The van der Waals surface area contributed by atoms with Gasteiger partial charge >= 0.3 is 0 Å². The first-order chi connectivity index (χ1) is 28.6. The Morgan fingerprint density at radius 1 is 0.254 bits per heavy atom. The molecule has 8 rings (SSSR count). The molecule has 11 heteroatoms. The van der Waals surface area contributed by atoms with Crippen molar-refractivity contribution in [1.29, 1.82) is 0 Å². The summed E-state index contributed by atoms with van der Waals surface area (Å²) in [7, 11) is -3.67. The average molecular weight is 801 g/mol. The Bertz CT molecular complexity index is 2510. The van der Waals surface area contributed by atoms with Crippen LogP contribution < -0.4 is 41.9 Å². The van der Waals surface area contributed by atoms with Crippen LogP contribution in [0.3, 0.4) is 0 Å². The zero-order valence-electron chi connectivity index (χ0n) is 31.6. The summed E-state index contributed by atoms with van der Waals surface area (Å²) in [5.74, 6) is 5.33. The number of sulfone groups is 1. The number of nitrogens with two attached hydrogens (primary N) is 4. The van der Waals surface area contributed by atoms with Crippen molar-refractivity contribution in [2.45, 2.75) is 9.79 Å². The van der Waals surface area contributed by atoms with Gasteiger partial charge in [-0.25, -0.2) is 8.42 Å². The summed E-state index contributed by atoms with van der Waals surface area (Å²) >= 11 is 0. The van der Waals surface area contributed by atoms with Crippen LogP contribution in [0.1, 0.15) is 0 Å². The van der Waals surface area contributed by atoms with Crippen LogP contribution in [0.4, 0.5) is 22.7 Å². The monoisotopic (exact) mass is 800 g/mol. The number of hydrogen-bond donors (Lipinski definition) is 4. The van der Waals surface area contributed by atoms with Gasteiger partial charge in [0.05, 0.1) is 9.79 Å². The van der Waals surface area contributed by atoms with Crippen molar-refractivity contribution in [3.05, 3.63) is 194 Å². The highest BCUT2D eigenvalue weighted by atomic mass is 32.2. The Kier molecular flexibility index (Phi) is 12.0. The van der Waals surface area contributed by atoms with Crippen molar-refractivity contribution < 1.29 is 27.4 Å². The molecule has 10 nitrogen and oxygen atoms in total. The summed E-state index contributed by atoms with van der Waals surface area (Å²) in [5.41, 5.74) is 27.6. The van der Waals surface area contributed by atoms with E-state index in [0.29, 0.717) is 45.7 Å². The first-order valence-corrected chi connectivity index (χ1v) is 19.8. The molecule has 8 N–H and O–H groups in total. The van der Waals surface area contributed by atoms with Gasteiger partial charge in [0.25, 0.3) is 0 Å². The predicted molar refractivity (Wildman–Crippen MR) is 234 cm³/mol. The highest BCUT2D eigenvalue weighted by Gasteiger charge is 2.18. The van der Waals surface area contributed by atoms with Crippen molar-refractivity contribution in [2.24, 2.45) is 0 Å². The van der Waals surface area contributed by atoms with Crippen molar-refractivity contribution in [3.63, 3.8) is 0 Å². The van der Waals surface area contributed by atoms with Gasteiger partial charge in [0.1, 0.15) is 46.0 Å². The first kappa shape index (κ1) is 39.3. The van der Waals surface area contributed by atoms with Gasteiger partial charge in [0.15, 0.2) is 0 Å². The lowest BCUT2D eigenvalue weighted by Gasteiger charge is -2.09. The smallest absolute Gasteiger partial charge is 0.206 e. The Labute approximate surface area is 342 Å². The fourth-order valence-corrected chi connectivity index (χ4v) is 6.89. The van der Waals surface area contributed by atoms with Crippen LogP contribution in [0.15, 0.2) is 204 Å². The van der Waals surface area contributed by atoms with E-state index < -0.39 is 9.84 Å². The fraction of sp³-hybridized carbons (Fsp3) is 0. The van der Waals surface area contributed by atoms with E-state index in [0.717, 1.165) is 34.1 Å². The van der Waals surface area contributed by atoms with E-state index in [1.165, 1.54) is 24.3 Å². The van der Waals surface area contributed by atoms with Gasteiger partial charge in [0.2, 0.25) is 9.84 Å². The molecule has 0 aromatic heterocycles. The van der Waals surface area contributed by atoms with Crippen LogP contribution in [-0.2, 0) is 9.84 Å². The summed E-state index contributed by atoms with van der Waals surface area (Å²) in [6.45, 7) is 0. The third-order valence-corrected chi connectivity index (χ3v) is 10.6. The third-order valence-electron chi connectivity index (χ3n) is 8.77. The van der Waals surface area contributed by atoms with Gasteiger partial charge in [-0.3, -0.25) is 0 Å². The minimum absolute atomic E-state index is 0.171. The SMILES string of the molecule is Nc1ccc(Oc2ccc(-c3ccc(Oc4ccc(N)cc4)cc3)cc2)cc1.Nc1ccc(Oc2ccc(S(=O)(=O)c3ccc(Oc4ccc(N)cc4)cc3)cc2)cc1. The van der Waals surface area contributed by atoms with Crippen LogP contribution in [0.25, 0.3) is 11.1 Å². The molecule has 0 aliphatic heterocycles. The lowest BCUT2D eigenvalue weighted by molar-refractivity contribution is 0.482. The molecule has 0 atom stereocenters. The Morgan fingerprint density at radius 2 is 0.424 bits per heavy atom. The molecular weight excluding hydrogens is 761 g/mol. The molecule has 8 aromatic carbocycles. The highest BCUT2D eigenvalue weighted by molar-refractivity contribution is 7.91.